The van der Waals surface area contributed by atoms with E-state index < -0.39 is 0 Å². The van der Waals surface area contributed by atoms with Gasteiger partial charge in [0.2, 0.25) is 0 Å². The van der Waals surface area contributed by atoms with Gasteiger partial charge in [0.25, 0.3) is 0 Å². The van der Waals surface area contributed by atoms with Crippen molar-refractivity contribution >= 4 is 6.03 Å². The molecule has 1 fully saturated rings. The molecule has 1 N–H and O–H groups in total. The van der Waals surface area contributed by atoms with Crippen LogP contribution in [0, 0.1) is 0 Å². The molecule has 1 aliphatic heterocycles. The number of carbonyl (C=O) groups is 1. The second-order valence-corrected chi connectivity index (χ2v) is 5.05. The predicted octanol–water partition coefficient (Wildman–Crippen LogP) is 3.54. The van der Waals surface area contributed by atoms with Gasteiger partial charge in [-0.15, -0.1) is 0 Å². The molecule has 0 aromatic carbocycles. The van der Waals surface area contributed by atoms with Crippen molar-refractivity contribution in [3.63, 3.8) is 0 Å². The highest BCUT2D eigenvalue weighted by atomic mass is 16.2. The zero-order valence-electron chi connectivity index (χ0n) is 11.3. The van der Waals surface area contributed by atoms with E-state index in [4.69, 9.17) is 0 Å². The van der Waals surface area contributed by atoms with Crippen LogP contribution in [0.5, 0.6) is 0 Å². The predicted molar refractivity (Wildman–Crippen MR) is 72.2 cm³/mol. The van der Waals surface area contributed by atoms with E-state index in [-0.39, 0.29) is 6.03 Å². The van der Waals surface area contributed by atoms with Crippen molar-refractivity contribution in [3.05, 3.63) is 0 Å². The van der Waals surface area contributed by atoms with Crippen LogP contribution in [0.2, 0.25) is 0 Å². The summed E-state index contributed by atoms with van der Waals surface area (Å²) >= 11 is 0. The van der Waals surface area contributed by atoms with Gasteiger partial charge in [-0.1, -0.05) is 39.0 Å². The van der Waals surface area contributed by atoms with E-state index in [2.05, 4.69) is 12.2 Å². The lowest BCUT2D eigenvalue weighted by Crippen LogP contribution is -2.43. The normalized spacial score (nSPS) is 15.9. The molecule has 1 aliphatic rings. The van der Waals surface area contributed by atoms with Crippen molar-refractivity contribution in [3.8, 4) is 0 Å². The third kappa shape index (κ3) is 6.54. The van der Waals surface area contributed by atoms with Crippen LogP contribution in [0.1, 0.15) is 64.7 Å². The Morgan fingerprint density at radius 3 is 2.35 bits per heavy atom. The summed E-state index contributed by atoms with van der Waals surface area (Å²) in [6, 6.07) is 0.151. The van der Waals surface area contributed by atoms with Gasteiger partial charge in [-0.3, -0.25) is 0 Å². The monoisotopic (exact) mass is 240 g/mol. The summed E-state index contributed by atoms with van der Waals surface area (Å²) in [4.78, 5) is 13.7. The fraction of sp³-hybridized carbons (Fsp3) is 0.929. The molecule has 1 rings (SSSR count). The number of urea groups is 1. The number of rotatable bonds is 7. The Morgan fingerprint density at radius 1 is 1.00 bits per heavy atom. The third-order valence-corrected chi connectivity index (χ3v) is 3.45. The molecule has 1 heterocycles. The number of carbonyl (C=O) groups excluding carboxylic acids is 1. The lowest BCUT2D eigenvalue weighted by molar-refractivity contribution is 0.186. The van der Waals surface area contributed by atoms with Crippen LogP contribution >= 0.6 is 0 Å². The van der Waals surface area contributed by atoms with Crippen LogP contribution < -0.4 is 5.32 Å². The van der Waals surface area contributed by atoms with Crippen molar-refractivity contribution < 1.29 is 4.79 Å². The van der Waals surface area contributed by atoms with Gasteiger partial charge in [0.05, 0.1) is 0 Å². The molecule has 3 nitrogen and oxygen atoms in total. The van der Waals surface area contributed by atoms with Crippen LogP contribution in [0.15, 0.2) is 0 Å². The molecular formula is C14H28N2O. The van der Waals surface area contributed by atoms with Crippen LogP contribution in [-0.4, -0.2) is 30.6 Å². The average Bonchev–Trinajstić information content (AvgIpc) is 2.38. The Bertz CT molecular complexity index is 200. The zero-order valence-corrected chi connectivity index (χ0v) is 11.3. The molecule has 0 saturated carbocycles. The molecule has 2 amide bonds. The van der Waals surface area contributed by atoms with Gasteiger partial charge in [-0.05, 0) is 25.7 Å². The number of nitrogens with zero attached hydrogens (tertiary/aromatic N) is 1. The second-order valence-electron chi connectivity index (χ2n) is 5.05. The summed E-state index contributed by atoms with van der Waals surface area (Å²) in [5.74, 6) is 0. The van der Waals surface area contributed by atoms with E-state index in [1.54, 1.807) is 0 Å². The van der Waals surface area contributed by atoms with Crippen molar-refractivity contribution in [2.45, 2.75) is 64.7 Å². The Hall–Kier alpha value is -0.730. The van der Waals surface area contributed by atoms with E-state index in [1.165, 1.54) is 51.4 Å². The number of hydrogen-bond acceptors (Lipinski definition) is 1. The third-order valence-electron chi connectivity index (χ3n) is 3.45. The summed E-state index contributed by atoms with van der Waals surface area (Å²) < 4.78 is 0. The summed E-state index contributed by atoms with van der Waals surface area (Å²) in [6.07, 6.45) is 11.3. The quantitative estimate of drug-likeness (QED) is 0.678. The number of hydrogen-bond donors (Lipinski definition) is 1. The van der Waals surface area contributed by atoms with Gasteiger partial charge < -0.3 is 10.2 Å². The molecule has 0 bridgehead atoms. The standard InChI is InChI=1S/C14H28N2O/c1-2-3-4-5-6-8-11-15-14(17)16-12-9-7-10-13-16/h2-13H2,1H3,(H,15,17). The number of unbranched alkanes of at least 4 members (excludes halogenated alkanes) is 5. The maximum absolute atomic E-state index is 11.7. The molecule has 0 aromatic rings. The molecule has 0 unspecified atom stereocenters. The second kappa shape index (κ2) is 9.32. The van der Waals surface area contributed by atoms with Crippen LogP contribution in [0.3, 0.4) is 0 Å². The minimum atomic E-state index is 0.151. The number of likely N-dealkylation sites (tertiary alicyclic amines) is 1. The topological polar surface area (TPSA) is 32.3 Å². The van der Waals surface area contributed by atoms with Crippen LogP contribution in [0.25, 0.3) is 0 Å². The van der Waals surface area contributed by atoms with Gasteiger partial charge in [-0.25, -0.2) is 4.79 Å². The van der Waals surface area contributed by atoms with E-state index in [1.807, 2.05) is 4.90 Å². The largest absolute Gasteiger partial charge is 0.338 e. The summed E-state index contributed by atoms with van der Waals surface area (Å²) in [5.41, 5.74) is 0. The van der Waals surface area contributed by atoms with Gasteiger partial charge in [0, 0.05) is 19.6 Å². The van der Waals surface area contributed by atoms with Crippen molar-refractivity contribution in [1.29, 1.82) is 0 Å². The Balaban J connectivity index is 1.92. The lowest BCUT2D eigenvalue weighted by Gasteiger charge is -2.26. The molecule has 17 heavy (non-hydrogen) atoms. The van der Waals surface area contributed by atoms with Crippen molar-refractivity contribution in [2.75, 3.05) is 19.6 Å². The first kappa shape index (κ1) is 14.3. The molecule has 0 aliphatic carbocycles. The van der Waals surface area contributed by atoms with Crippen LogP contribution in [-0.2, 0) is 0 Å². The molecular weight excluding hydrogens is 212 g/mol. The zero-order chi connectivity index (χ0) is 12.3. The molecule has 100 valence electrons. The van der Waals surface area contributed by atoms with Crippen molar-refractivity contribution in [1.82, 2.24) is 10.2 Å². The van der Waals surface area contributed by atoms with Gasteiger partial charge in [0.15, 0.2) is 0 Å². The van der Waals surface area contributed by atoms with E-state index in [0.717, 1.165) is 26.1 Å². The molecule has 0 aromatic heterocycles. The molecule has 0 atom stereocenters. The van der Waals surface area contributed by atoms with Crippen molar-refractivity contribution in [2.24, 2.45) is 0 Å². The maximum atomic E-state index is 11.7. The molecule has 1 saturated heterocycles. The van der Waals surface area contributed by atoms with E-state index in [9.17, 15) is 4.79 Å². The highest BCUT2D eigenvalue weighted by molar-refractivity contribution is 5.74. The minimum absolute atomic E-state index is 0.151. The molecule has 0 radical (unpaired) electrons. The Labute approximate surface area is 106 Å². The number of piperidine rings is 1. The fourth-order valence-electron chi connectivity index (χ4n) is 2.31. The highest BCUT2D eigenvalue weighted by Crippen LogP contribution is 2.08. The van der Waals surface area contributed by atoms with Gasteiger partial charge in [-0.2, -0.15) is 0 Å². The number of amides is 2. The summed E-state index contributed by atoms with van der Waals surface area (Å²) in [5, 5.41) is 3.03. The van der Waals surface area contributed by atoms with Gasteiger partial charge in [0.1, 0.15) is 0 Å². The Kier molecular flexibility index (Phi) is 7.85. The first-order valence-corrected chi connectivity index (χ1v) is 7.37. The first-order valence-electron chi connectivity index (χ1n) is 7.37. The van der Waals surface area contributed by atoms with E-state index in [0.29, 0.717) is 0 Å². The Morgan fingerprint density at radius 2 is 1.65 bits per heavy atom. The number of nitrogens with one attached hydrogen (secondary N) is 1. The SMILES string of the molecule is CCCCCCCCNC(=O)N1CCCCC1. The molecule has 0 spiro atoms. The van der Waals surface area contributed by atoms with Gasteiger partial charge >= 0.3 is 6.03 Å². The first-order chi connectivity index (χ1) is 8.34. The average molecular weight is 240 g/mol. The van der Waals surface area contributed by atoms with Crippen LogP contribution in [0.4, 0.5) is 4.79 Å². The lowest BCUT2D eigenvalue weighted by atomic mass is 10.1. The maximum Gasteiger partial charge on any atom is 0.317 e. The fourth-order valence-corrected chi connectivity index (χ4v) is 2.31. The minimum Gasteiger partial charge on any atom is -0.338 e. The van der Waals surface area contributed by atoms with E-state index >= 15 is 0 Å². The summed E-state index contributed by atoms with van der Waals surface area (Å²) in [6.45, 7) is 4.98. The molecule has 3 heteroatoms. The smallest absolute Gasteiger partial charge is 0.317 e. The highest BCUT2D eigenvalue weighted by Gasteiger charge is 2.15. The summed E-state index contributed by atoms with van der Waals surface area (Å²) in [7, 11) is 0.